The Labute approximate surface area is 161 Å². The first-order chi connectivity index (χ1) is 12.4. The van der Waals surface area contributed by atoms with E-state index in [-0.39, 0.29) is 0 Å². The molecule has 2 N–H and O–H groups in total. The Bertz CT molecular complexity index is 384. The molecule has 26 heavy (non-hydrogen) atoms. The Kier molecular flexibility index (Phi) is 11.2. The van der Waals surface area contributed by atoms with Gasteiger partial charge in [-0.05, 0) is 40.5 Å². The first-order valence-corrected chi connectivity index (χ1v) is 10.5. The molecule has 0 aromatic heterocycles. The fraction of sp³-hybridized carbons (Fsp3) is 0.950. The molecule has 1 saturated heterocycles. The zero-order chi connectivity index (χ0) is 19.5. The lowest BCUT2D eigenvalue weighted by molar-refractivity contribution is 0.00867. The van der Waals surface area contributed by atoms with E-state index in [1.165, 1.54) is 0 Å². The Morgan fingerprint density at radius 2 is 1.65 bits per heavy atom. The van der Waals surface area contributed by atoms with Crippen molar-refractivity contribution >= 4 is 5.96 Å². The third-order valence-electron chi connectivity index (χ3n) is 5.05. The number of hydrogen-bond donors (Lipinski definition) is 2. The zero-order valence-electron chi connectivity index (χ0n) is 18.2. The van der Waals surface area contributed by atoms with Crippen LogP contribution in [0, 0.1) is 5.92 Å². The summed E-state index contributed by atoms with van der Waals surface area (Å²) in [5, 5.41) is 6.90. The van der Waals surface area contributed by atoms with E-state index in [4.69, 9.17) is 9.73 Å². The highest BCUT2D eigenvalue weighted by atomic mass is 16.5. The maximum Gasteiger partial charge on any atom is 0.191 e. The molecule has 1 aliphatic heterocycles. The van der Waals surface area contributed by atoms with Crippen molar-refractivity contribution in [3.05, 3.63) is 0 Å². The van der Waals surface area contributed by atoms with Gasteiger partial charge in [0.15, 0.2) is 5.96 Å². The molecule has 0 aromatic rings. The molecular formula is C20H43N5O. The number of rotatable bonds is 10. The van der Waals surface area contributed by atoms with Crippen LogP contribution >= 0.6 is 0 Å². The first-order valence-electron chi connectivity index (χ1n) is 10.5. The Morgan fingerprint density at radius 1 is 1.04 bits per heavy atom. The van der Waals surface area contributed by atoms with Gasteiger partial charge in [-0.3, -0.25) is 14.8 Å². The predicted octanol–water partition coefficient (Wildman–Crippen LogP) is 2.02. The highest BCUT2D eigenvalue weighted by Gasteiger charge is 2.23. The number of nitrogens with zero attached hydrogens (tertiary/aromatic N) is 3. The number of aliphatic imine (C=N–C) groups is 1. The largest absolute Gasteiger partial charge is 0.379 e. The summed E-state index contributed by atoms with van der Waals surface area (Å²) in [6, 6.07) is 1.59. The average molecular weight is 370 g/mol. The van der Waals surface area contributed by atoms with Crippen LogP contribution in [0.4, 0.5) is 0 Å². The summed E-state index contributed by atoms with van der Waals surface area (Å²) in [7, 11) is 0. The summed E-state index contributed by atoms with van der Waals surface area (Å²) in [5.41, 5.74) is 0. The summed E-state index contributed by atoms with van der Waals surface area (Å²) in [5.74, 6) is 1.51. The summed E-state index contributed by atoms with van der Waals surface area (Å²) < 4.78 is 5.50. The van der Waals surface area contributed by atoms with E-state index in [9.17, 15) is 0 Å². The number of guanidine groups is 1. The van der Waals surface area contributed by atoms with Gasteiger partial charge in [0.05, 0.1) is 19.8 Å². The van der Waals surface area contributed by atoms with Gasteiger partial charge in [0, 0.05) is 50.8 Å². The van der Waals surface area contributed by atoms with Gasteiger partial charge in [-0.2, -0.15) is 0 Å². The average Bonchev–Trinajstić information content (AvgIpc) is 2.58. The van der Waals surface area contributed by atoms with Crippen LogP contribution in [-0.4, -0.2) is 86.4 Å². The molecule has 0 radical (unpaired) electrons. The summed E-state index contributed by atoms with van der Waals surface area (Å²) in [6.45, 7) is 23.1. The molecule has 0 amide bonds. The Hall–Kier alpha value is -0.850. The van der Waals surface area contributed by atoms with Gasteiger partial charge in [-0.1, -0.05) is 13.8 Å². The third kappa shape index (κ3) is 8.23. The number of nitrogens with one attached hydrogen (secondary N) is 2. The standard InChI is InChI=1S/C20H43N5O/c1-8-21-20(22-9-10-25(17(4)5)18(6)7)23-15-19(16(2)3)24-11-13-26-14-12-24/h16-19H,8-15H2,1-7H3,(H2,21,22,23). The third-order valence-corrected chi connectivity index (χ3v) is 5.05. The van der Waals surface area contributed by atoms with Gasteiger partial charge >= 0.3 is 0 Å². The van der Waals surface area contributed by atoms with Crippen LogP contribution in [0.25, 0.3) is 0 Å². The van der Waals surface area contributed by atoms with E-state index in [1.807, 2.05) is 0 Å². The van der Waals surface area contributed by atoms with Crippen LogP contribution in [0.2, 0.25) is 0 Å². The Morgan fingerprint density at radius 3 is 2.15 bits per heavy atom. The first kappa shape index (κ1) is 23.2. The number of morpholine rings is 1. The molecule has 0 aromatic carbocycles. The molecule has 0 aliphatic carbocycles. The molecule has 6 heteroatoms. The summed E-state index contributed by atoms with van der Waals surface area (Å²) >= 11 is 0. The van der Waals surface area contributed by atoms with Crippen molar-refractivity contribution in [3.63, 3.8) is 0 Å². The molecule has 1 unspecified atom stereocenters. The van der Waals surface area contributed by atoms with Gasteiger partial charge in [0.2, 0.25) is 0 Å². The van der Waals surface area contributed by atoms with Crippen LogP contribution < -0.4 is 10.6 Å². The zero-order valence-corrected chi connectivity index (χ0v) is 18.2. The summed E-state index contributed by atoms with van der Waals surface area (Å²) in [6.07, 6.45) is 0. The van der Waals surface area contributed by atoms with E-state index < -0.39 is 0 Å². The maximum absolute atomic E-state index is 5.50. The molecule has 0 bridgehead atoms. The second kappa shape index (κ2) is 12.5. The minimum absolute atomic E-state index is 0.470. The van der Waals surface area contributed by atoms with Gasteiger partial charge in [-0.15, -0.1) is 0 Å². The van der Waals surface area contributed by atoms with E-state index in [0.717, 1.165) is 58.4 Å². The van der Waals surface area contributed by atoms with Crippen molar-refractivity contribution in [2.75, 3.05) is 52.5 Å². The van der Waals surface area contributed by atoms with Crippen molar-refractivity contribution in [2.24, 2.45) is 10.9 Å². The smallest absolute Gasteiger partial charge is 0.191 e. The van der Waals surface area contributed by atoms with Crippen molar-refractivity contribution in [1.29, 1.82) is 0 Å². The van der Waals surface area contributed by atoms with Crippen LogP contribution in [0.5, 0.6) is 0 Å². The number of ether oxygens (including phenoxy) is 1. The van der Waals surface area contributed by atoms with Gasteiger partial charge < -0.3 is 15.4 Å². The molecule has 1 atom stereocenters. The van der Waals surface area contributed by atoms with Crippen molar-refractivity contribution < 1.29 is 4.74 Å². The fourth-order valence-electron chi connectivity index (χ4n) is 3.60. The lowest BCUT2D eigenvalue weighted by Gasteiger charge is -2.36. The topological polar surface area (TPSA) is 52.1 Å². The highest BCUT2D eigenvalue weighted by molar-refractivity contribution is 5.79. The highest BCUT2D eigenvalue weighted by Crippen LogP contribution is 2.13. The van der Waals surface area contributed by atoms with Crippen molar-refractivity contribution in [1.82, 2.24) is 20.4 Å². The quantitative estimate of drug-likeness (QED) is 0.456. The molecule has 0 saturated carbocycles. The maximum atomic E-state index is 5.50. The SMILES string of the molecule is CCNC(=NCC(C(C)C)N1CCOCC1)NCCN(C(C)C)C(C)C. The van der Waals surface area contributed by atoms with Crippen LogP contribution in [0.3, 0.4) is 0 Å². The fourth-order valence-corrected chi connectivity index (χ4v) is 3.60. The molecule has 1 aliphatic rings. The van der Waals surface area contributed by atoms with Gasteiger partial charge in [0.25, 0.3) is 0 Å². The summed E-state index contributed by atoms with van der Waals surface area (Å²) in [4.78, 5) is 9.92. The minimum atomic E-state index is 0.470. The second-order valence-electron chi connectivity index (χ2n) is 8.03. The normalized spacial score (nSPS) is 18.2. The number of hydrogen-bond acceptors (Lipinski definition) is 4. The molecule has 6 nitrogen and oxygen atoms in total. The predicted molar refractivity (Wildman–Crippen MR) is 112 cm³/mol. The van der Waals surface area contributed by atoms with Gasteiger partial charge in [0.1, 0.15) is 0 Å². The molecule has 1 heterocycles. The van der Waals surface area contributed by atoms with E-state index in [1.54, 1.807) is 0 Å². The minimum Gasteiger partial charge on any atom is -0.379 e. The monoisotopic (exact) mass is 369 g/mol. The van der Waals surface area contributed by atoms with E-state index in [0.29, 0.717) is 24.0 Å². The second-order valence-corrected chi connectivity index (χ2v) is 8.03. The Balaban J connectivity index is 2.59. The van der Waals surface area contributed by atoms with Crippen LogP contribution in [0.1, 0.15) is 48.5 Å². The van der Waals surface area contributed by atoms with Crippen molar-refractivity contribution in [2.45, 2.75) is 66.6 Å². The molecule has 154 valence electrons. The lowest BCUT2D eigenvalue weighted by atomic mass is 10.0. The molecular weight excluding hydrogens is 326 g/mol. The molecule has 1 fully saturated rings. The van der Waals surface area contributed by atoms with Crippen molar-refractivity contribution in [3.8, 4) is 0 Å². The van der Waals surface area contributed by atoms with Gasteiger partial charge in [-0.25, -0.2) is 0 Å². The van der Waals surface area contributed by atoms with Crippen LogP contribution in [0.15, 0.2) is 4.99 Å². The molecule has 1 rings (SSSR count). The van der Waals surface area contributed by atoms with E-state index in [2.05, 4.69) is 68.9 Å². The lowest BCUT2D eigenvalue weighted by Crippen LogP contribution is -2.48. The van der Waals surface area contributed by atoms with E-state index >= 15 is 0 Å². The molecule has 0 spiro atoms. The van der Waals surface area contributed by atoms with Crippen LogP contribution in [-0.2, 0) is 4.74 Å².